The number of carboxylic acid groups (broad SMARTS) is 1. The topological polar surface area (TPSA) is 105 Å². The summed E-state index contributed by atoms with van der Waals surface area (Å²) in [6, 6.07) is 18.0. The van der Waals surface area contributed by atoms with Gasteiger partial charge in [-0.1, -0.05) is 54.6 Å². The first kappa shape index (κ1) is 23.8. The number of hydrogen-bond acceptors (Lipinski definition) is 4. The molecule has 0 bridgehead atoms. The van der Waals surface area contributed by atoms with Crippen LogP contribution in [0.5, 0.6) is 0 Å². The van der Waals surface area contributed by atoms with Gasteiger partial charge < -0.3 is 20.5 Å². The number of anilines is 1. The zero-order valence-electron chi connectivity index (χ0n) is 18.1. The molecular weight excluding hydrogens is 465 g/mol. The Morgan fingerprint density at radius 1 is 0.914 bits per heavy atom. The Morgan fingerprint density at radius 2 is 1.51 bits per heavy atom. The third kappa shape index (κ3) is 4.81. The van der Waals surface area contributed by atoms with Crippen molar-refractivity contribution in [3.63, 3.8) is 0 Å². The maximum absolute atomic E-state index is 14.3. The first-order valence-corrected chi connectivity index (χ1v) is 10.5. The number of carbonyl (C=O) groups is 3. The number of ether oxygens (including phenoxy) is 1. The van der Waals surface area contributed by atoms with Gasteiger partial charge >= 0.3 is 18.0 Å². The van der Waals surface area contributed by atoms with Gasteiger partial charge in [-0.25, -0.2) is 14.0 Å². The Bertz CT molecular complexity index is 1270. The average molecular weight is 484 g/mol. The molecule has 0 radical (unpaired) electrons. The van der Waals surface area contributed by atoms with Crippen LogP contribution in [0.2, 0.25) is 0 Å². The molecule has 1 aliphatic carbocycles. The van der Waals surface area contributed by atoms with E-state index in [4.69, 9.17) is 9.84 Å². The van der Waals surface area contributed by atoms with Gasteiger partial charge in [0.05, 0.1) is 17.8 Å². The fourth-order valence-corrected chi connectivity index (χ4v) is 3.95. The third-order valence-electron chi connectivity index (χ3n) is 5.61. The molecule has 0 atom stereocenters. The van der Waals surface area contributed by atoms with Crippen molar-refractivity contribution in [1.82, 2.24) is 5.32 Å². The highest BCUT2D eigenvalue weighted by Crippen LogP contribution is 2.44. The second kappa shape index (κ2) is 9.49. The Kier molecular flexibility index (Phi) is 6.46. The fourth-order valence-electron chi connectivity index (χ4n) is 3.95. The van der Waals surface area contributed by atoms with Gasteiger partial charge in [-0.15, -0.1) is 0 Å². The van der Waals surface area contributed by atoms with Crippen molar-refractivity contribution < 1.29 is 37.4 Å². The molecule has 3 N–H and O–H groups in total. The van der Waals surface area contributed by atoms with Crippen LogP contribution in [-0.4, -0.2) is 42.2 Å². The van der Waals surface area contributed by atoms with Gasteiger partial charge in [0, 0.05) is 5.92 Å². The van der Waals surface area contributed by atoms with E-state index in [2.05, 4.69) is 0 Å². The summed E-state index contributed by atoms with van der Waals surface area (Å²) in [5.74, 6) is -9.25. The molecule has 0 fully saturated rings. The number of halogens is 3. The molecule has 0 saturated heterocycles. The quantitative estimate of drug-likeness (QED) is 0.453. The molecule has 0 unspecified atom stereocenters. The Balaban J connectivity index is 1.37. The molecule has 4 rings (SSSR count). The number of alkyl halides is 2. The number of alkyl carbamates (subject to hydrolysis) is 1. The maximum atomic E-state index is 14.3. The summed E-state index contributed by atoms with van der Waals surface area (Å²) in [7, 11) is 0. The van der Waals surface area contributed by atoms with Gasteiger partial charge in [-0.3, -0.25) is 4.79 Å². The van der Waals surface area contributed by atoms with Crippen LogP contribution in [0.25, 0.3) is 11.1 Å². The van der Waals surface area contributed by atoms with Crippen LogP contribution < -0.4 is 10.6 Å². The summed E-state index contributed by atoms with van der Waals surface area (Å²) < 4.78 is 47.7. The van der Waals surface area contributed by atoms with Crippen molar-refractivity contribution in [3.8, 4) is 11.1 Å². The second-order valence-corrected chi connectivity index (χ2v) is 7.81. The van der Waals surface area contributed by atoms with Crippen LogP contribution in [0.4, 0.5) is 23.7 Å². The lowest BCUT2D eigenvalue weighted by molar-refractivity contribution is -0.138. The first-order chi connectivity index (χ1) is 16.7. The average Bonchev–Trinajstić information content (AvgIpc) is 3.16. The van der Waals surface area contributed by atoms with Gasteiger partial charge in [0.25, 0.3) is 5.91 Å². The van der Waals surface area contributed by atoms with E-state index in [0.717, 1.165) is 40.5 Å². The third-order valence-corrected chi connectivity index (χ3v) is 5.61. The number of nitrogens with one attached hydrogen (secondary N) is 2. The lowest BCUT2D eigenvalue weighted by Crippen LogP contribution is -2.45. The SMILES string of the molecule is O=C(NCC(F)(F)C(=O)Nc1c(F)cccc1C(=O)O)OCC1c2ccccc2-c2ccccc21. The van der Waals surface area contributed by atoms with E-state index < -0.39 is 47.5 Å². The molecule has 10 heteroatoms. The molecule has 0 saturated carbocycles. The van der Waals surface area contributed by atoms with Crippen molar-refractivity contribution in [3.05, 3.63) is 89.2 Å². The van der Waals surface area contributed by atoms with Crippen molar-refractivity contribution >= 4 is 23.7 Å². The molecule has 3 aromatic rings. The predicted molar refractivity (Wildman–Crippen MR) is 120 cm³/mol. The van der Waals surface area contributed by atoms with E-state index >= 15 is 0 Å². The van der Waals surface area contributed by atoms with Crippen molar-refractivity contribution in [2.45, 2.75) is 11.8 Å². The zero-order chi connectivity index (χ0) is 25.2. The lowest BCUT2D eigenvalue weighted by Gasteiger charge is -2.18. The van der Waals surface area contributed by atoms with E-state index in [9.17, 15) is 27.6 Å². The van der Waals surface area contributed by atoms with Gasteiger partial charge in [-0.05, 0) is 34.4 Å². The van der Waals surface area contributed by atoms with Gasteiger partial charge in [0.15, 0.2) is 0 Å². The smallest absolute Gasteiger partial charge is 0.407 e. The summed E-state index contributed by atoms with van der Waals surface area (Å²) >= 11 is 0. The van der Waals surface area contributed by atoms with Crippen LogP contribution in [-0.2, 0) is 9.53 Å². The number of carbonyl (C=O) groups excluding carboxylic acids is 2. The lowest BCUT2D eigenvalue weighted by atomic mass is 9.98. The summed E-state index contributed by atoms with van der Waals surface area (Å²) in [5.41, 5.74) is 2.27. The minimum Gasteiger partial charge on any atom is -0.478 e. The highest BCUT2D eigenvalue weighted by Gasteiger charge is 2.40. The minimum atomic E-state index is -4.18. The van der Waals surface area contributed by atoms with E-state index in [1.807, 2.05) is 53.8 Å². The van der Waals surface area contributed by atoms with E-state index in [1.165, 1.54) is 0 Å². The Hall–Kier alpha value is -4.34. The van der Waals surface area contributed by atoms with Crippen LogP contribution in [0.1, 0.15) is 27.4 Å². The molecule has 7 nitrogen and oxygen atoms in total. The van der Waals surface area contributed by atoms with E-state index in [-0.39, 0.29) is 12.5 Å². The first-order valence-electron chi connectivity index (χ1n) is 10.5. The number of carboxylic acids is 1. The standard InChI is InChI=1S/C25H19F3N2O5/c26-20-11-5-10-18(22(31)32)21(20)30-23(33)25(27,28)13-29-24(34)35-12-19-16-8-3-1-6-14(16)15-7-2-4-9-17(15)19/h1-11,19H,12-13H2,(H,29,34)(H,30,33)(H,31,32). The second-order valence-electron chi connectivity index (χ2n) is 7.81. The maximum Gasteiger partial charge on any atom is 0.407 e. The molecule has 2 amide bonds. The number of aromatic carboxylic acids is 1. The highest BCUT2D eigenvalue weighted by atomic mass is 19.3. The highest BCUT2D eigenvalue weighted by molar-refractivity contribution is 6.03. The van der Waals surface area contributed by atoms with Crippen molar-refractivity contribution in [2.24, 2.45) is 0 Å². The molecule has 0 aliphatic heterocycles. The Morgan fingerprint density at radius 3 is 2.11 bits per heavy atom. The molecule has 0 aromatic heterocycles. The van der Waals surface area contributed by atoms with Gasteiger partial charge in [0.1, 0.15) is 12.4 Å². The summed E-state index contributed by atoms with van der Waals surface area (Å²) in [6.07, 6.45) is -1.17. The summed E-state index contributed by atoms with van der Waals surface area (Å²) in [6.45, 7) is -1.55. The van der Waals surface area contributed by atoms with Crippen LogP contribution in [0, 0.1) is 5.82 Å². The fraction of sp³-hybridized carbons (Fsp3) is 0.160. The van der Waals surface area contributed by atoms with Crippen molar-refractivity contribution in [1.29, 1.82) is 0 Å². The number of amides is 2. The number of fused-ring (bicyclic) bond motifs is 3. The normalized spacial score (nSPS) is 12.4. The van der Waals surface area contributed by atoms with Crippen LogP contribution >= 0.6 is 0 Å². The van der Waals surface area contributed by atoms with E-state index in [0.29, 0.717) is 0 Å². The predicted octanol–water partition coefficient (Wildman–Crippen LogP) is 4.64. The molecule has 35 heavy (non-hydrogen) atoms. The van der Waals surface area contributed by atoms with Gasteiger partial charge in [-0.2, -0.15) is 8.78 Å². The molecule has 0 spiro atoms. The summed E-state index contributed by atoms with van der Waals surface area (Å²) in [5, 5.41) is 12.5. The largest absolute Gasteiger partial charge is 0.478 e. The van der Waals surface area contributed by atoms with Crippen molar-refractivity contribution in [2.75, 3.05) is 18.5 Å². The number of benzene rings is 3. The Labute approximate surface area is 197 Å². The van der Waals surface area contributed by atoms with Crippen LogP contribution in [0.15, 0.2) is 66.7 Å². The number of rotatable bonds is 7. The minimum absolute atomic E-state index is 0.116. The van der Waals surface area contributed by atoms with Gasteiger partial charge in [0.2, 0.25) is 0 Å². The molecule has 1 aliphatic rings. The number of para-hydroxylation sites is 1. The number of hydrogen-bond donors (Lipinski definition) is 3. The van der Waals surface area contributed by atoms with E-state index in [1.54, 1.807) is 5.32 Å². The zero-order valence-corrected chi connectivity index (χ0v) is 18.1. The molecule has 3 aromatic carbocycles. The summed E-state index contributed by atoms with van der Waals surface area (Å²) in [4.78, 5) is 35.3. The molecule has 180 valence electrons. The molecular formula is C25H19F3N2O5. The van der Waals surface area contributed by atoms with Crippen LogP contribution in [0.3, 0.4) is 0 Å². The molecule has 0 heterocycles. The monoisotopic (exact) mass is 484 g/mol.